The van der Waals surface area contributed by atoms with Crippen LogP contribution < -0.4 is 10.1 Å². The molecule has 1 N–H and O–H groups in total. The molecule has 1 amide bonds. The number of carbonyl (C=O) groups is 1. The first kappa shape index (κ1) is 16.7. The van der Waals surface area contributed by atoms with Crippen molar-refractivity contribution in [3.8, 4) is 5.75 Å². The lowest BCUT2D eigenvalue weighted by atomic mass is 10.1. The number of fused-ring (bicyclic) bond motifs is 1. The molecule has 0 aliphatic carbocycles. The van der Waals surface area contributed by atoms with Gasteiger partial charge in [-0.05, 0) is 62.2 Å². The molecular weight excluding hydrogens is 344 g/mol. The average molecular weight is 361 g/mol. The third kappa shape index (κ3) is 3.68. The topological polar surface area (TPSA) is 51.2 Å². The van der Waals surface area contributed by atoms with Gasteiger partial charge in [-0.2, -0.15) is 0 Å². The summed E-state index contributed by atoms with van der Waals surface area (Å²) in [7, 11) is 0. The summed E-state index contributed by atoms with van der Waals surface area (Å²) in [4.78, 5) is 16.5. The number of amides is 1. The van der Waals surface area contributed by atoms with Crippen LogP contribution in [0.5, 0.6) is 5.75 Å². The minimum atomic E-state index is -0.204. The Labute approximate surface area is 149 Å². The monoisotopic (exact) mass is 360 g/mol. The van der Waals surface area contributed by atoms with E-state index >= 15 is 0 Å². The molecule has 3 aromatic rings. The maximum absolute atomic E-state index is 12.1. The molecule has 0 fully saturated rings. The van der Waals surface area contributed by atoms with Crippen molar-refractivity contribution in [1.82, 2.24) is 4.98 Å². The summed E-state index contributed by atoms with van der Waals surface area (Å²) >= 11 is 7.61. The molecule has 0 aliphatic rings. The molecular formula is C18H17ClN2O2S. The van der Waals surface area contributed by atoms with Gasteiger partial charge in [0.2, 0.25) is 0 Å². The van der Waals surface area contributed by atoms with Crippen LogP contribution in [0, 0.1) is 20.8 Å². The molecule has 2 aromatic carbocycles. The van der Waals surface area contributed by atoms with E-state index in [0.29, 0.717) is 10.8 Å². The summed E-state index contributed by atoms with van der Waals surface area (Å²) in [6.45, 7) is 5.73. The third-order valence-electron chi connectivity index (χ3n) is 3.55. The molecule has 0 bridgehead atoms. The minimum Gasteiger partial charge on any atom is -0.483 e. The standard InChI is InChI=1S/C18H17ClN2O2S/c1-10-6-13(19)7-11(2)18(10)23-9-17(22)21-14-4-5-15-16(8-14)24-12(3)20-15/h4-8H,9H2,1-3H3,(H,21,22). The first-order valence-electron chi connectivity index (χ1n) is 7.49. The molecule has 0 unspecified atom stereocenters. The van der Waals surface area contributed by atoms with Crippen LogP contribution in [0.4, 0.5) is 5.69 Å². The molecule has 1 heterocycles. The predicted molar refractivity (Wildman–Crippen MR) is 99.4 cm³/mol. The van der Waals surface area contributed by atoms with E-state index in [-0.39, 0.29) is 12.5 Å². The lowest BCUT2D eigenvalue weighted by molar-refractivity contribution is -0.118. The second-order valence-corrected chi connectivity index (χ2v) is 7.29. The van der Waals surface area contributed by atoms with Crippen LogP contribution in [0.25, 0.3) is 10.2 Å². The number of aromatic nitrogens is 1. The fraction of sp³-hybridized carbons (Fsp3) is 0.222. The van der Waals surface area contributed by atoms with Crippen molar-refractivity contribution in [3.05, 3.63) is 51.5 Å². The summed E-state index contributed by atoms with van der Waals surface area (Å²) < 4.78 is 6.72. The van der Waals surface area contributed by atoms with Gasteiger partial charge in [0, 0.05) is 10.7 Å². The number of nitrogens with one attached hydrogen (secondary N) is 1. The van der Waals surface area contributed by atoms with E-state index in [9.17, 15) is 4.79 Å². The van der Waals surface area contributed by atoms with E-state index in [1.165, 1.54) is 0 Å². The zero-order valence-corrected chi connectivity index (χ0v) is 15.2. The lowest BCUT2D eigenvalue weighted by Crippen LogP contribution is -2.20. The van der Waals surface area contributed by atoms with Gasteiger partial charge < -0.3 is 10.1 Å². The van der Waals surface area contributed by atoms with Gasteiger partial charge >= 0.3 is 0 Å². The van der Waals surface area contributed by atoms with E-state index in [0.717, 1.165) is 32.0 Å². The molecule has 0 saturated heterocycles. The van der Waals surface area contributed by atoms with Crippen molar-refractivity contribution in [2.24, 2.45) is 0 Å². The molecule has 0 atom stereocenters. The fourth-order valence-electron chi connectivity index (χ4n) is 2.58. The number of benzene rings is 2. The molecule has 1 aromatic heterocycles. The number of hydrogen-bond donors (Lipinski definition) is 1. The van der Waals surface area contributed by atoms with Gasteiger partial charge in [0.15, 0.2) is 6.61 Å². The summed E-state index contributed by atoms with van der Waals surface area (Å²) in [6, 6.07) is 9.32. The Morgan fingerprint density at radius 3 is 2.62 bits per heavy atom. The van der Waals surface area contributed by atoms with E-state index < -0.39 is 0 Å². The molecule has 124 valence electrons. The number of anilines is 1. The normalized spacial score (nSPS) is 10.8. The molecule has 6 heteroatoms. The van der Waals surface area contributed by atoms with Gasteiger partial charge in [0.1, 0.15) is 5.75 Å². The highest BCUT2D eigenvalue weighted by atomic mass is 35.5. The summed E-state index contributed by atoms with van der Waals surface area (Å²) in [5.74, 6) is 0.493. The highest BCUT2D eigenvalue weighted by Crippen LogP contribution is 2.27. The molecule has 0 saturated carbocycles. The Morgan fingerprint density at radius 2 is 1.92 bits per heavy atom. The number of rotatable bonds is 4. The Hall–Kier alpha value is -2.11. The smallest absolute Gasteiger partial charge is 0.262 e. The molecule has 0 radical (unpaired) electrons. The number of hydrogen-bond acceptors (Lipinski definition) is 4. The second-order valence-electron chi connectivity index (χ2n) is 5.62. The first-order valence-corrected chi connectivity index (χ1v) is 8.68. The van der Waals surface area contributed by atoms with Gasteiger partial charge in [-0.3, -0.25) is 4.79 Å². The Balaban J connectivity index is 1.67. The number of nitrogens with zero attached hydrogens (tertiary/aromatic N) is 1. The van der Waals surface area contributed by atoms with Crippen molar-refractivity contribution in [2.75, 3.05) is 11.9 Å². The fourth-order valence-corrected chi connectivity index (χ4v) is 3.77. The van der Waals surface area contributed by atoms with Crippen molar-refractivity contribution in [2.45, 2.75) is 20.8 Å². The van der Waals surface area contributed by atoms with Crippen LogP contribution in [0.2, 0.25) is 5.02 Å². The van der Waals surface area contributed by atoms with Crippen molar-refractivity contribution >= 4 is 44.7 Å². The van der Waals surface area contributed by atoms with Gasteiger partial charge in [-0.1, -0.05) is 11.6 Å². The number of carbonyl (C=O) groups excluding carboxylic acids is 1. The van der Waals surface area contributed by atoms with E-state index in [1.807, 2.05) is 51.1 Å². The Kier molecular flexibility index (Phi) is 4.73. The zero-order valence-electron chi connectivity index (χ0n) is 13.6. The highest BCUT2D eigenvalue weighted by molar-refractivity contribution is 7.18. The summed E-state index contributed by atoms with van der Waals surface area (Å²) in [5.41, 5.74) is 3.51. The van der Waals surface area contributed by atoms with Crippen LogP contribution in [0.15, 0.2) is 30.3 Å². The van der Waals surface area contributed by atoms with Crippen molar-refractivity contribution < 1.29 is 9.53 Å². The van der Waals surface area contributed by atoms with Crippen LogP contribution in [0.1, 0.15) is 16.1 Å². The number of ether oxygens (including phenoxy) is 1. The quantitative estimate of drug-likeness (QED) is 0.720. The second kappa shape index (κ2) is 6.79. The minimum absolute atomic E-state index is 0.0525. The van der Waals surface area contributed by atoms with Crippen molar-refractivity contribution in [1.29, 1.82) is 0 Å². The van der Waals surface area contributed by atoms with Crippen molar-refractivity contribution in [3.63, 3.8) is 0 Å². The molecule has 24 heavy (non-hydrogen) atoms. The van der Waals surface area contributed by atoms with Crippen LogP contribution in [-0.4, -0.2) is 17.5 Å². The van der Waals surface area contributed by atoms with Crippen LogP contribution in [-0.2, 0) is 4.79 Å². The molecule has 3 rings (SSSR count). The highest BCUT2D eigenvalue weighted by Gasteiger charge is 2.10. The number of aryl methyl sites for hydroxylation is 3. The SMILES string of the molecule is Cc1nc2ccc(NC(=O)COc3c(C)cc(Cl)cc3C)cc2s1. The predicted octanol–water partition coefficient (Wildman–Crippen LogP) is 4.89. The van der Waals surface area contributed by atoms with Gasteiger partial charge in [-0.15, -0.1) is 11.3 Å². The Morgan fingerprint density at radius 1 is 1.21 bits per heavy atom. The van der Waals surface area contributed by atoms with Gasteiger partial charge in [0.25, 0.3) is 5.91 Å². The first-order chi connectivity index (χ1) is 11.4. The third-order valence-corrected chi connectivity index (χ3v) is 4.70. The molecule has 0 spiro atoms. The Bertz CT molecular complexity index is 898. The maximum Gasteiger partial charge on any atom is 0.262 e. The lowest BCUT2D eigenvalue weighted by Gasteiger charge is -2.12. The van der Waals surface area contributed by atoms with Crippen LogP contribution in [0.3, 0.4) is 0 Å². The number of halogens is 1. The molecule has 4 nitrogen and oxygen atoms in total. The molecule has 0 aliphatic heterocycles. The maximum atomic E-state index is 12.1. The van der Waals surface area contributed by atoms with Crippen LogP contribution >= 0.6 is 22.9 Å². The van der Waals surface area contributed by atoms with E-state index in [4.69, 9.17) is 16.3 Å². The van der Waals surface area contributed by atoms with E-state index in [2.05, 4.69) is 10.3 Å². The van der Waals surface area contributed by atoms with E-state index in [1.54, 1.807) is 11.3 Å². The van der Waals surface area contributed by atoms with Gasteiger partial charge in [0.05, 0.1) is 15.2 Å². The largest absolute Gasteiger partial charge is 0.483 e. The summed E-state index contributed by atoms with van der Waals surface area (Å²) in [5, 5.41) is 4.52. The zero-order chi connectivity index (χ0) is 17.3. The van der Waals surface area contributed by atoms with Gasteiger partial charge in [-0.25, -0.2) is 4.98 Å². The average Bonchev–Trinajstić information content (AvgIpc) is 2.85. The summed E-state index contributed by atoms with van der Waals surface area (Å²) in [6.07, 6.45) is 0. The number of thiazole rings is 1.